The van der Waals surface area contributed by atoms with E-state index in [0.29, 0.717) is 12.1 Å². The molecule has 0 spiro atoms. The Morgan fingerprint density at radius 2 is 2.00 bits per heavy atom. The fourth-order valence-electron chi connectivity index (χ4n) is 4.13. The maximum Gasteiger partial charge on any atom is 0.0570 e. The number of pyridine rings is 1. The van der Waals surface area contributed by atoms with Crippen molar-refractivity contribution in [1.82, 2.24) is 15.6 Å². The van der Waals surface area contributed by atoms with Gasteiger partial charge in [-0.1, -0.05) is 25.3 Å². The van der Waals surface area contributed by atoms with Gasteiger partial charge in [-0.25, -0.2) is 0 Å². The number of nitrogens with one attached hydrogen (secondary N) is 2. The number of hydrogen-bond donors (Lipinski definition) is 2. The van der Waals surface area contributed by atoms with Crippen molar-refractivity contribution in [3.05, 3.63) is 30.1 Å². The van der Waals surface area contributed by atoms with E-state index in [1.807, 2.05) is 12.3 Å². The summed E-state index contributed by atoms with van der Waals surface area (Å²) >= 11 is 0. The standard InChI is InChI=1S/C18H29N3/c1-14(16-9-4-6-12-19-16)21-18-11-3-2-8-15(18)17-10-5-7-13-20-17/h4,6,9,12,14-15,17-18,20-21H,2-3,5,7-8,10-11,13H2,1H3. The normalized spacial score (nSPS) is 31.8. The largest absolute Gasteiger partial charge is 0.314 e. The van der Waals surface area contributed by atoms with Crippen LogP contribution in [0.25, 0.3) is 0 Å². The Hall–Kier alpha value is -0.930. The van der Waals surface area contributed by atoms with Gasteiger partial charge < -0.3 is 10.6 Å². The molecular formula is C18H29N3. The molecule has 0 aromatic carbocycles. The highest BCUT2D eigenvalue weighted by atomic mass is 15.0. The third kappa shape index (κ3) is 3.83. The van der Waals surface area contributed by atoms with Crippen LogP contribution in [0.5, 0.6) is 0 Å². The van der Waals surface area contributed by atoms with E-state index in [1.165, 1.54) is 57.2 Å². The summed E-state index contributed by atoms with van der Waals surface area (Å²) < 4.78 is 0. The predicted octanol–water partition coefficient (Wildman–Crippen LogP) is 3.43. The summed E-state index contributed by atoms with van der Waals surface area (Å²) in [5, 5.41) is 7.66. The van der Waals surface area contributed by atoms with Crippen LogP contribution in [0.2, 0.25) is 0 Å². The lowest BCUT2D eigenvalue weighted by Crippen LogP contribution is -2.51. The first-order valence-corrected chi connectivity index (χ1v) is 8.75. The summed E-state index contributed by atoms with van der Waals surface area (Å²) in [4.78, 5) is 4.50. The molecule has 3 rings (SSSR count). The Bertz CT molecular complexity index is 414. The zero-order valence-corrected chi connectivity index (χ0v) is 13.2. The summed E-state index contributed by atoms with van der Waals surface area (Å²) in [6.45, 7) is 3.46. The molecule has 3 heteroatoms. The highest BCUT2D eigenvalue weighted by Crippen LogP contribution is 2.31. The first-order chi connectivity index (χ1) is 10.3. The van der Waals surface area contributed by atoms with Crippen LogP contribution < -0.4 is 10.6 Å². The van der Waals surface area contributed by atoms with Crippen molar-refractivity contribution in [3.8, 4) is 0 Å². The van der Waals surface area contributed by atoms with Crippen LogP contribution in [-0.2, 0) is 0 Å². The molecule has 0 bridgehead atoms. The summed E-state index contributed by atoms with van der Waals surface area (Å²) in [5.41, 5.74) is 1.17. The second-order valence-corrected chi connectivity index (χ2v) is 6.75. The predicted molar refractivity (Wildman–Crippen MR) is 87.2 cm³/mol. The molecule has 1 aliphatic heterocycles. The lowest BCUT2D eigenvalue weighted by atomic mass is 9.77. The van der Waals surface area contributed by atoms with Gasteiger partial charge in [-0.15, -0.1) is 0 Å². The van der Waals surface area contributed by atoms with Crippen molar-refractivity contribution in [2.75, 3.05) is 6.54 Å². The van der Waals surface area contributed by atoms with Gasteiger partial charge in [0.25, 0.3) is 0 Å². The summed E-state index contributed by atoms with van der Waals surface area (Å²) in [7, 11) is 0. The molecule has 4 unspecified atom stereocenters. The Morgan fingerprint density at radius 3 is 2.76 bits per heavy atom. The van der Waals surface area contributed by atoms with Gasteiger partial charge in [0.2, 0.25) is 0 Å². The van der Waals surface area contributed by atoms with E-state index in [9.17, 15) is 0 Å². The average molecular weight is 287 g/mol. The first kappa shape index (κ1) is 15.0. The van der Waals surface area contributed by atoms with Crippen molar-refractivity contribution < 1.29 is 0 Å². The zero-order chi connectivity index (χ0) is 14.5. The average Bonchev–Trinajstić information content (AvgIpc) is 2.57. The van der Waals surface area contributed by atoms with Crippen LogP contribution >= 0.6 is 0 Å². The quantitative estimate of drug-likeness (QED) is 0.891. The molecule has 2 fully saturated rings. The lowest BCUT2D eigenvalue weighted by molar-refractivity contribution is 0.173. The molecular weight excluding hydrogens is 258 g/mol. The van der Waals surface area contributed by atoms with Crippen LogP contribution in [0.4, 0.5) is 0 Å². The summed E-state index contributed by atoms with van der Waals surface area (Å²) in [6, 6.07) is 7.93. The number of aromatic nitrogens is 1. The van der Waals surface area contributed by atoms with Gasteiger partial charge in [0.05, 0.1) is 5.69 Å². The van der Waals surface area contributed by atoms with Gasteiger partial charge in [0, 0.05) is 24.3 Å². The molecule has 116 valence electrons. The van der Waals surface area contributed by atoms with Crippen LogP contribution in [-0.4, -0.2) is 23.6 Å². The summed E-state index contributed by atoms with van der Waals surface area (Å²) in [5.74, 6) is 0.796. The highest BCUT2D eigenvalue weighted by molar-refractivity contribution is 5.08. The Balaban J connectivity index is 1.63. The molecule has 0 radical (unpaired) electrons. The maximum absolute atomic E-state index is 4.50. The van der Waals surface area contributed by atoms with Crippen LogP contribution in [0.1, 0.15) is 63.6 Å². The highest BCUT2D eigenvalue weighted by Gasteiger charge is 2.33. The fourth-order valence-corrected chi connectivity index (χ4v) is 4.13. The number of rotatable bonds is 4. The molecule has 2 N–H and O–H groups in total. The van der Waals surface area contributed by atoms with Gasteiger partial charge in [0.1, 0.15) is 0 Å². The van der Waals surface area contributed by atoms with Gasteiger partial charge in [-0.05, 0) is 57.2 Å². The molecule has 3 nitrogen and oxygen atoms in total. The number of nitrogens with zero attached hydrogens (tertiary/aromatic N) is 1. The minimum atomic E-state index is 0.348. The molecule has 2 heterocycles. The smallest absolute Gasteiger partial charge is 0.0570 e. The first-order valence-electron chi connectivity index (χ1n) is 8.75. The maximum atomic E-state index is 4.50. The van der Waals surface area contributed by atoms with Crippen molar-refractivity contribution >= 4 is 0 Å². The minimum absolute atomic E-state index is 0.348. The van der Waals surface area contributed by atoms with Crippen molar-refractivity contribution in [3.63, 3.8) is 0 Å². The van der Waals surface area contributed by atoms with Gasteiger partial charge >= 0.3 is 0 Å². The third-order valence-electron chi connectivity index (χ3n) is 5.28. The van der Waals surface area contributed by atoms with Gasteiger partial charge in [-0.2, -0.15) is 0 Å². The van der Waals surface area contributed by atoms with Crippen molar-refractivity contribution in [2.24, 2.45) is 5.92 Å². The molecule has 1 saturated carbocycles. The third-order valence-corrected chi connectivity index (χ3v) is 5.28. The topological polar surface area (TPSA) is 37.0 Å². The number of hydrogen-bond acceptors (Lipinski definition) is 3. The van der Waals surface area contributed by atoms with Gasteiger partial charge in [-0.3, -0.25) is 4.98 Å². The van der Waals surface area contributed by atoms with E-state index in [4.69, 9.17) is 0 Å². The Labute approximate surface area is 128 Å². The molecule has 1 aliphatic carbocycles. The van der Waals surface area contributed by atoms with E-state index in [0.717, 1.165) is 12.0 Å². The molecule has 4 atom stereocenters. The van der Waals surface area contributed by atoms with Crippen molar-refractivity contribution in [1.29, 1.82) is 0 Å². The lowest BCUT2D eigenvalue weighted by Gasteiger charge is -2.41. The second-order valence-electron chi connectivity index (χ2n) is 6.75. The van der Waals surface area contributed by atoms with E-state index < -0.39 is 0 Å². The molecule has 21 heavy (non-hydrogen) atoms. The van der Waals surface area contributed by atoms with E-state index in [1.54, 1.807) is 0 Å². The van der Waals surface area contributed by atoms with E-state index in [-0.39, 0.29) is 0 Å². The van der Waals surface area contributed by atoms with Crippen molar-refractivity contribution in [2.45, 2.75) is 70.0 Å². The van der Waals surface area contributed by atoms with E-state index in [2.05, 4.69) is 34.7 Å². The second kappa shape index (κ2) is 7.37. The molecule has 0 amide bonds. The molecule has 1 aromatic rings. The molecule has 1 aromatic heterocycles. The monoisotopic (exact) mass is 287 g/mol. The Morgan fingerprint density at radius 1 is 1.14 bits per heavy atom. The Kier molecular flexibility index (Phi) is 5.26. The minimum Gasteiger partial charge on any atom is -0.314 e. The SMILES string of the molecule is CC(NC1CCCCC1C1CCCCN1)c1ccccn1. The van der Waals surface area contributed by atoms with Gasteiger partial charge in [0.15, 0.2) is 0 Å². The van der Waals surface area contributed by atoms with E-state index >= 15 is 0 Å². The molecule has 1 saturated heterocycles. The fraction of sp³-hybridized carbons (Fsp3) is 0.722. The number of piperidine rings is 1. The van der Waals surface area contributed by atoms with Crippen LogP contribution in [0.15, 0.2) is 24.4 Å². The zero-order valence-electron chi connectivity index (χ0n) is 13.2. The molecule has 2 aliphatic rings. The summed E-state index contributed by atoms with van der Waals surface area (Å²) in [6.07, 6.45) is 11.5. The van der Waals surface area contributed by atoms with Crippen LogP contribution in [0.3, 0.4) is 0 Å². The van der Waals surface area contributed by atoms with Crippen LogP contribution in [0, 0.1) is 5.92 Å².